The van der Waals surface area contributed by atoms with Crippen LogP contribution in [0.5, 0.6) is 0 Å². The van der Waals surface area contributed by atoms with Gasteiger partial charge in [-0.25, -0.2) is 0 Å². The minimum atomic E-state index is 0.251. The first-order valence-corrected chi connectivity index (χ1v) is 9.40. The number of benzene rings is 1. The van der Waals surface area contributed by atoms with E-state index in [0.29, 0.717) is 6.54 Å². The van der Waals surface area contributed by atoms with Crippen LogP contribution in [0.25, 0.3) is 0 Å². The van der Waals surface area contributed by atoms with Crippen LogP contribution in [0.3, 0.4) is 0 Å². The molecule has 0 saturated heterocycles. The molecule has 5 heteroatoms. The van der Waals surface area contributed by atoms with E-state index in [2.05, 4.69) is 44.9 Å². The van der Waals surface area contributed by atoms with E-state index in [-0.39, 0.29) is 6.10 Å². The van der Waals surface area contributed by atoms with Crippen molar-refractivity contribution >= 4 is 5.96 Å². The van der Waals surface area contributed by atoms with E-state index in [0.717, 1.165) is 37.6 Å². The van der Waals surface area contributed by atoms with Crippen LogP contribution in [0.2, 0.25) is 0 Å². The van der Waals surface area contributed by atoms with Gasteiger partial charge in [0, 0.05) is 26.4 Å². The molecular formula is C21H28N4O. The Morgan fingerprint density at radius 2 is 2.08 bits per heavy atom. The second kappa shape index (κ2) is 9.92. The topological polar surface area (TPSA) is 58.5 Å². The van der Waals surface area contributed by atoms with Crippen LogP contribution in [0.1, 0.15) is 42.2 Å². The predicted octanol–water partition coefficient (Wildman–Crippen LogP) is 3.23. The first-order valence-electron chi connectivity index (χ1n) is 9.40. The van der Waals surface area contributed by atoms with E-state index in [9.17, 15) is 0 Å². The van der Waals surface area contributed by atoms with E-state index >= 15 is 0 Å². The molecule has 0 radical (unpaired) electrons. The Hall–Kier alpha value is -2.40. The van der Waals surface area contributed by atoms with Gasteiger partial charge in [0.2, 0.25) is 0 Å². The molecule has 1 unspecified atom stereocenters. The molecule has 1 aliphatic rings. The number of hydrogen-bond acceptors (Lipinski definition) is 3. The highest BCUT2D eigenvalue weighted by atomic mass is 16.5. The Morgan fingerprint density at radius 3 is 2.92 bits per heavy atom. The maximum absolute atomic E-state index is 6.14. The molecule has 0 bridgehead atoms. The Bertz CT molecular complexity index is 702. The highest BCUT2D eigenvalue weighted by Crippen LogP contribution is 2.32. The number of nitrogens with one attached hydrogen (secondary N) is 2. The molecule has 138 valence electrons. The fourth-order valence-corrected chi connectivity index (χ4v) is 3.28. The average Bonchev–Trinajstić information content (AvgIpc) is 2.71. The van der Waals surface area contributed by atoms with Gasteiger partial charge in [-0.05, 0) is 48.9 Å². The van der Waals surface area contributed by atoms with E-state index in [1.165, 1.54) is 24.0 Å². The molecule has 0 fully saturated rings. The van der Waals surface area contributed by atoms with Crippen molar-refractivity contribution in [3.05, 3.63) is 65.5 Å². The number of hydrogen-bond donors (Lipinski definition) is 2. The lowest BCUT2D eigenvalue weighted by molar-refractivity contribution is 0.0398. The molecule has 1 aromatic heterocycles. The number of nitrogens with zero attached hydrogens (tertiary/aromatic N) is 2. The highest BCUT2D eigenvalue weighted by molar-refractivity contribution is 5.79. The van der Waals surface area contributed by atoms with Crippen LogP contribution < -0.4 is 10.6 Å². The van der Waals surface area contributed by atoms with E-state index < -0.39 is 0 Å². The number of fused-ring (bicyclic) bond motifs is 1. The van der Waals surface area contributed by atoms with Gasteiger partial charge in [0.1, 0.15) is 0 Å². The Morgan fingerprint density at radius 1 is 1.19 bits per heavy atom. The zero-order valence-electron chi connectivity index (χ0n) is 15.4. The number of rotatable bonds is 7. The number of aliphatic imine (C=N–C) groups is 1. The molecule has 1 atom stereocenters. The largest absolute Gasteiger partial charge is 0.373 e. The second-order valence-electron chi connectivity index (χ2n) is 6.48. The minimum Gasteiger partial charge on any atom is -0.373 e. The van der Waals surface area contributed by atoms with Crippen LogP contribution in [0, 0.1) is 0 Å². The van der Waals surface area contributed by atoms with Gasteiger partial charge < -0.3 is 15.4 Å². The third-order valence-corrected chi connectivity index (χ3v) is 4.63. The van der Waals surface area contributed by atoms with Crippen LogP contribution in [0.15, 0.2) is 53.7 Å². The van der Waals surface area contributed by atoms with Crippen molar-refractivity contribution in [3.63, 3.8) is 0 Å². The molecule has 5 nitrogen and oxygen atoms in total. The molecule has 3 rings (SSSR count). The van der Waals surface area contributed by atoms with Gasteiger partial charge in [-0.15, -0.1) is 0 Å². The van der Waals surface area contributed by atoms with Gasteiger partial charge in [0.05, 0.1) is 18.3 Å². The summed E-state index contributed by atoms with van der Waals surface area (Å²) in [4.78, 5) is 8.55. The summed E-state index contributed by atoms with van der Waals surface area (Å²) < 4.78 is 6.14. The number of aryl methyl sites for hydroxylation is 1. The van der Waals surface area contributed by atoms with Gasteiger partial charge >= 0.3 is 0 Å². The third kappa shape index (κ3) is 5.30. The molecule has 1 aromatic carbocycles. The minimum absolute atomic E-state index is 0.251. The summed E-state index contributed by atoms with van der Waals surface area (Å²) in [6.07, 6.45) is 6.51. The Balaban J connectivity index is 1.35. The Kier molecular flexibility index (Phi) is 7.02. The van der Waals surface area contributed by atoms with Gasteiger partial charge in [-0.1, -0.05) is 30.3 Å². The lowest BCUT2D eigenvalue weighted by Crippen LogP contribution is -2.37. The van der Waals surface area contributed by atoms with E-state index in [1.807, 2.05) is 18.2 Å². The number of aromatic nitrogens is 1. The third-order valence-electron chi connectivity index (χ3n) is 4.63. The van der Waals surface area contributed by atoms with Crippen LogP contribution >= 0.6 is 0 Å². The molecule has 1 heterocycles. The molecule has 0 amide bonds. The molecule has 0 aliphatic heterocycles. The molecule has 0 saturated carbocycles. The zero-order chi connectivity index (χ0) is 18.0. The smallest absolute Gasteiger partial charge is 0.191 e. The molecule has 2 N–H and O–H groups in total. The number of guanidine groups is 1. The van der Waals surface area contributed by atoms with Crippen LogP contribution in [-0.4, -0.2) is 31.1 Å². The summed E-state index contributed by atoms with van der Waals surface area (Å²) in [5.41, 5.74) is 3.82. The van der Waals surface area contributed by atoms with Crippen molar-refractivity contribution in [3.8, 4) is 0 Å². The monoisotopic (exact) mass is 352 g/mol. The predicted molar refractivity (Wildman–Crippen MR) is 105 cm³/mol. The second-order valence-corrected chi connectivity index (χ2v) is 6.48. The summed E-state index contributed by atoms with van der Waals surface area (Å²) in [5.74, 6) is 0.790. The first kappa shape index (κ1) is 18.4. The van der Waals surface area contributed by atoms with Crippen molar-refractivity contribution in [1.29, 1.82) is 0 Å². The first-order chi connectivity index (χ1) is 12.9. The normalized spacial score (nSPS) is 16.8. The quantitative estimate of drug-likeness (QED) is 0.456. The molecule has 26 heavy (non-hydrogen) atoms. The lowest BCUT2D eigenvalue weighted by atomic mass is 9.89. The van der Waals surface area contributed by atoms with Gasteiger partial charge in [0.15, 0.2) is 5.96 Å². The van der Waals surface area contributed by atoms with Crippen molar-refractivity contribution in [2.24, 2.45) is 4.99 Å². The summed E-state index contributed by atoms with van der Waals surface area (Å²) in [7, 11) is 1.78. The fraction of sp³-hybridized carbons (Fsp3) is 0.429. The summed E-state index contributed by atoms with van der Waals surface area (Å²) in [5, 5.41) is 6.60. The van der Waals surface area contributed by atoms with Crippen molar-refractivity contribution in [1.82, 2.24) is 15.6 Å². The Labute approximate surface area is 155 Å². The summed E-state index contributed by atoms with van der Waals surface area (Å²) >= 11 is 0. The van der Waals surface area contributed by atoms with Gasteiger partial charge in [-0.2, -0.15) is 0 Å². The number of pyridine rings is 1. The fourth-order valence-electron chi connectivity index (χ4n) is 3.28. The molecular weight excluding hydrogens is 324 g/mol. The summed E-state index contributed by atoms with van der Waals surface area (Å²) in [6.45, 7) is 2.25. The molecule has 0 spiro atoms. The van der Waals surface area contributed by atoms with E-state index in [1.54, 1.807) is 13.2 Å². The SMILES string of the molecule is CN=C(NCCCOC1CCCc2ccccc21)NCc1ccccn1. The maximum Gasteiger partial charge on any atom is 0.191 e. The van der Waals surface area contributed by atoms with Gasteiger partial charge in [0.25, 0.3) is 0 Å². The van der Waals surface area contributed by atoms with E-state index in [4.69, 9.17) is 4.74 Å². The van der Waals surface area contributed by atoms with Crippen molar-refractivity contribution in [2.75, 3.05) is 20.2 Å². The van der Waals surface area contributed by atoms with Crippen molar-refractivity contribution < 1.29 is 4.74 Å². The van der Waals surface area contributed by atoms with Gasteiger partial charge in [-0.3, -0.25) is 9.98 Å². The van der Waals surface area contributed by atoms with Crippen LogP contribution in [0.4, 0.5) is 0 Å². The molecule has 1 aliphatic carbocycles. The highest BCUT2D eigenvalue weighted by Gasteiger charge is 2.19. The molecule has 2 aromatic rings. The average molecular weight is 352 g/mol. The maximum atomic E-state index is 6.14. The lowest BCUT2D eigenvalue weighted by Gasteiger charge is -2.25. The van der Waals surface area contributed by atoms with Crippen molar-refractivity contribution in [2.45, 2.75) is 38.3 Å². The standard InChI is InChI=1S/C21H28N4O/c1-22-21(25-16-18-10-4-5-13-23-18)24-14-7-15-26-20-12-6-9-17-8-2-3-11-19(17)20/h2-5,8,10-11,13,20H,6-7,9,12,14-16H2,1H3,(H2,22,24,25). The zero-order valence-corrected chi connectivity index (χ0v) is 15.4. The van der Waals surface area contributed by atoms with Crippen LogP contribution in [-0.2, 0) is 17.7 Å². The number of ether oxygens (including phenoxy) is 1. The summed E-state index contributed by atoms with van der Waals surface area (Å²) in [6, 6.07) is 14.6.